The van der Waals surface area contributed by atoms with Gasteiger partial charge in [-0.05, 0) is 32.1 Å². The third-order valence-corrected chi connectivity index (χ3v) is 2.33. The molecule has 0 bridgehead atoms. The molecule has 0 aromatic rings. The second kappa shape index (κ2) is 5.18. The SMILES string of the molecule is CCCCC(=O)OC1CCCC1. The Labute approximate surface area is 74.3 Å². The van der Waals surface area contributed by atoms with Crippen molar-refractivity contribution in [1.82, 2.24) is 0 Å². The summed E-state index contributed by atoms with van der Waals surface area (Å²) >= 11 is 0. The first-order valence-electron chi connectivity index (χ1n) is 5.02. The molecule has 0 aliphatic heterocycles. The van der Waals surface area contributed by atoms with E-state index in [9.17, 15) is 4.79 Å². The summed E-state index contributed by atoms with van der Waals surface area (Å²) in [7, 11) is 0. The number of carbonyl (C=O) groups is 1. The smallest absolute Gasteiger partial charge is 0.306 e. The van der Waals surface area contributed by atoms with Crippen LogP contribution in [0, 0.1) is 0 Å². The fraction of sp³-hybridized carbons (Fsp3) is 0.900. The predicted octanol–water partition coefficient (Wildman–Crippen LogP) is 2.66. The van der Waals surface area contributed by atoms with Gasteiger partial charge in [0, 0.05) is 6.42 Å². The molecule has 1 aliphatic carbocycles. The van der Waals surface area contributed by atoms with E-state index in [4.69, 9.17) is 4.74 Å². The number of esters is 1. The largest absolute Gasteiger partial charge is 0.462 e. The van der Waals surface area contributed by atoms with E-state index in [0.29, 0.717) is 6.42 Å². The van der Waals surface area contributed by atoms with Crippen molar-refractivity contribution in [2.75, 3.05) is 0 Å². The minimum atomic E-state index is 0.00347. The van der Waals surface area contributed by atoms with Gasteiger partial charge in [-0.3, -0.25) is 4.79 Å². The summed E-state index contributed by atoms with van der Waals surface area (Å²) in [4.78, 5) is 11.1. The van der Waals surface area contributed by atoms with Gasteiger partial charge in [0.05, 0.1) is 0 Å². The first-order chi connectivity index (χ1) is 5.83. The average Bonchev–Trinajstić information content (AvgIpc) is 2.53. The van der Waals surface area contributed by atoms with Crippen LogP contribution in [0.2, 0.25) is 0 Å². The maximum Gasteiger partial charge on any atom is 0.306 e. The van der Waals surface area contributed by atoms with Crippen molar-refractivity contribution < 1.29 is 9.53 Å². The zero-order chi connectivity index (χ0) is 8.81. The van der Waals surface area contributed by atoms with E-state index in [1.165, 1.54) is 12.8 Å². The molecule has 0 N–H and O–H groups in total. The van der Waals surface area contributed by atoms with Crippen LogP contribution in [-0.4, -0.2) is 12.1 Å². The summed E-state index contributed by atoms with van der Waals surface area (Å²) in [5.74, 6) is 0.00347. The number of hydrogen-bond acceptors (Lipinski definition) is 2. The van der Waals surface area contributed by atoms with Gasteiger partial charge in [0.15, 0.2) is 0 Å². The minimum Gasteiger partial charge on any atom is -0.462 e. The first-order valence-corrected chi connectivity index (χ1v) is 5.02. The van der Waals surface area contributed by atoms with E-state index in [1.54, 1.807) is 0 Å². The van der Waals surface area contributed by atoms with Gasteiger partial charge in [0.1, 0.15) is 6.10 Å². The predicted molar refractivity (Wildman–Crippen MR) is 47.9 cm³/mol. The topological polar surface area (TPSA) is 26.3 Å². The number of hydrogen-bond donors (Lipinski definition) is 0. The van der Waals surface area contributed by atoms with E-state index in [0.717, 1.165) is 25.7 Å². The highest BCUT2D eigenvalue weighted by atomic mass is 16.5. The van der Waals surface area contributed by atoms with Crippen LogP contribution < -0.4 is 0 Å². The highest BCUT2D eigenvalue weighted by Crippen LogP contribution is 2.21. The average molecular weight is 170 g/mol. The van der Waals surface area contributed by atoms with E-state index >= 15 is 0 Å². The maximum absolute atomic E-state index is 11.1. The Bertz CT molecular complexity index is 137. The van der Waals surface area contributed by atoms with Gasteiger partial charge in [-0.2, -0.15) is 0 Å². The molecule has 1 rings (SSSR count). The number of carbonyl (C=O) groups excluding carboxylic acids is 1. The number of ether oxygens (including phenoxy) is 1. The maximum atomic E-state index is 11.1. The van der Waals surface area contributed by atoms with Crippen LogP contribution in [0.5, 0.6) is 0 Å². The summed E-state index contributed by atoms with van der Waals surface area (Å²) < 4.78 is 5.27. The lowest BCUT2D eigenvalue weighted by atomic mass is 10.2. The number of rotatable bonds is 4. The van der Waals surface area contributed by atoms with Crippen LogP contribution in [0.3, 0.4) is 0 Å². The van der Waals surface area contributed by atoms with Crippen molar-refractivity contribution in [3.05, 3.63) is 0 Å². The Morgan fingerprint density at radius 3 is 2.67 bits per heavy atom. The molecular weight excluding hydrogens is 152 g/mol. The molecule has 2 nitrogen and oxygen atoms in total. The Kier molecular flexibility index (Phi) is 4.12. The molecule has 70 valence electrons. The van der Waals surface area contributed by atoms with E-state index in [1.807, 2.05) is 0 Å². The molecule has 0 amide bonds. The van der Waals surface area contributed by atoms with Crippen molar-refractivity contribution in [3.8, 4) is 0 Å². The van der Waals surface area contributed by atoms with Crippen LogP contribution in [0.4, 0.5) is 0 Å². The van der Waals surface area contributed by atoms with Crippen LogP contribution >= 0.6 is 0 Å². The molecule has 0 saturated heterocycles. The van der Waals surface area contributed by atoms with Gasteiger partial charge in [0.2, 0.25) is 0 Å². The van der Waals surface area contributed by atoms with Gasteiger partial charge < -0.3 is 4.74 Å². The van der Waals surface area contributed by atoms with Gasteiger partial charge in [-0.15, -0.1) is 0 Å². The Balaban J connectivity index is 2.08. The third kappa shape index (κ3) is 3.24. The molecule has 12 heavy (non-hydrogen) atoms. The summed E-state index contributed by atoms with van der Waals surface area (Å²) in [5, 5.41) is 0. The summed E-state index contributed by atoms with van der Waals surface area (Å²) in [6.07, 6.45) is 7.50. The Morgan fingerprint density at radius 2 is 2.08 bits per heavy atom. The lowest BCUT2D eigenvalue weighted by Gasteiger charge is -2.10. The summed E-state index contributed by atoms with van der Waals surface area (Å²) in [6, 6.07) is 0. The second-order valence-corrected chi connectivity index (χ2v) is 3.50. The molecule has 0 atom stereocenters. The molecule has 0 unspecified atom stereocenters. The van der Waals surface area contributed by atoms with Crippen LogP contribution in [-0.2, 0) is 9.53 Å². The van der Waals surface area contributed by atoms with E-state index in [-0.39, 0.29) is 12.1 Å². The standard InChI is InChI=1S/C10H18O2/c1-2-3-8-10(11)12-9-6-4-5-7-9/h9H,2-8H2,1H3. The molecule has 0 aromatic heterocycles. The van der Waals surface area contributed by atoms with Crippen molar-refractivity contribution in [3.63, 3.8) is 0 Å². The zero-order valence-electron chi connectivity index (χ0n) is 7.84. The highest BCUT2D eigenvalue weighted by Gasteiger charge is 2.18. The molecule has 0 spiro atoms. The molecule has 2 heteroatoms. The fourth-order valence-corrected chi connectivity index (χ4v) is 1.57. The second-order valence-electron chi connectivity index (χ2n) is 3.50. The number of unbranched alkanes of at least 4 members (excludes halogenated alkanes) is 1. The summed E-state index contributed by atoms with van der Waals surface area (Å²) in [6.45, 7) is 2.09. The monoisotopic (exact) mass is 170 g/mol. The van der Waals surface area contributed by atoms with E-state index in [2.05, 4.69) is 6.92 Å². The van der Waals surface area contributed by atoms with Crippen molar-refractivity contribution in [2.45, 2.75) is 58.0 Å². The van der Waals surface area contributed by atoms with Gasteiger partial charge in [-0.25, -0.2) is 0 Å². The molecule has 1 aliphatic rings. The zero-order valence-corrected chi connectivity index (χ0v) is 7.84. The van der Waals surface area contributed by atoms with Gasteiger partial charge in [-0.1, -0.05) is 13.3 Å². The first kappa shape index (κ1) is 9.56. The van der Waals surface area contributed by atoms with Crippen LogP contribution in [0.1, 0.15) is 51.9 Å². The fourth-order valence-electron chi connectivity index (χ4n) is 1.57. The van der Waals surface area contributed by atoms with Crippen LogP contribution in [0.15, 0.2) is 0 Å². The summed E-state index contributed by atoms with van der Waals surface area (Å²) in [5.41, 5.74) is 0. The normalized spacial score (nSPS) is 18.1. The van der Waals surface area contributed by atoms with E-state index < -0.39 is 0 Å². The lowest BCUT2D eigenvalue weighted by molar-refractivity contribution is -0.148. The van der Waals surface area contributed by atoms with Crippen molar-refractivity contribution in [2.24, 2.45) is 0 Å². The lowest BCUT2D eigenvalue weighted by Crippen LogP contribution is -2.14. The van der Waals surface area contributed by atoms with Gasteiger partial charge >= 0.3 is 5.97 Å². The molecule has 0 aromatic carbocycles. The molecular formula is C10H18O2. The molecule has 0 heterocycles. The third-order valence-electron chi connectivity index (χ3n) is 2.33. The van der Waals surface area contributed by atoms with Crippen molar-refractivity contribution >= 4 is 5.97 Å². The van der Waals surface area contributed by atoms with Gasteiger partial charge in [0.25, 0.3) is 0 Å². The minimum absolute atomic E-state index is 0.00347. The quantitative estimate of drug-likeness (QED) is 0.606. The Morgan fingerprint density at radius 1 is 1.42 bits per heavy atom. The molecule has 1 fully saturated rings. The molecule has 0 radical (unpaired) electrons. The highest BCUT2D eigenvalue weighted by molar-refractivity contribution is 5.69. The molecule has 1 saturated carbocycles. The Hall–Kier alpha value is -0.530. The van der Waals surface area contributed by atoms with Crippen LogP contribution in [0.25, 0.3) is 0 Å². The van der Waals surface area contributed by atoms with Crippen molar-refractivity contribution in [1.29, 1.82) is 0 Å².